The van der Waals surface area contributed by atoms with Gasteiger partial charge in [0.25, 0.3) is 0 Å². The van der Waals surface area contributed by atoms with Gasteiger partial charge < -0.3 is 10.6 Å². The summed E-state index contributed by atoms with van der Waals surface area (Å²) in [6.45, 7) is 4.01. The number of ketones is 1. The second-order valence-corrected chi connectivity index (χ2v) is 6.99. The molecule has 0 unspecified atom stereocenters. The predicted octanol–water partition coefficient (Wildman–Crippen LogP) is 5.50. The number of fused-ring (bicyclic) bond motifs is 1. The van der Waals surface area contributed by atoms with Gasteiger partial charge in [-0.3, -0.25) is 9.20 Å². The van der Waals surface area contributed by atoms with Gasteiger partial charge >= 0.3 is 6.03 Å². The van der Waals surface area contributed by atoms with Crippen LogP contribution in [0.4, 0.5) is 10.5 Å². The summed E-state index contributed by atoms with van der Waals surface area (Å²) in [5.41, 5.74) is 6.18. The van der Waals surface area contributed by atoms with Gasteiger partial charge in [0.05, 0.1) is 11.9 Å². The lowest BCUT2D eigenvalue weighted by molar-refractivity contribution is 0.101. The van der Waals surface area contributed by atoms with E-state index >= 15 is 0 Å². The SMILES string of the molecule is CCNC(=O)Nc1cccc(-c2cnc3cc(-c4ccc(C(C)=O)cc4)ccn23)c1.[HH].[HH]. The fraction of sp³-hybridized carbons (Fsp3) is 0.125. The van der Waals surface area contributed by atoms with Crippen molar-refractivity contribution < 1.29 is 12.4 Å². The van der Waals surface area contributed by atoms with Crippen LogP contribution in [0.2, 0.25) is 0 Å². The molecule has 2 aromatic carbocycles. The lowest BCUT2D eigenvalue weighted by Gasteiger charge is -2.09. The summed E-state index contributed by atoms with van der Waals surface area (Å²) in [6.07, 6.45) is 3.80. The van der Waals surface area contributed by atoms with Gasteiger partial charge in [0.15, 0.2) is 5.78 Å². The molecule has 0 aliphatic carbocycles. The second-order valence-electron chi connectivity index (χ2n) is 6.99. The number of aromatic nitrogens is 2. The highest BCUT2D eigenvalue weighted by Gasteiger charge is 2.09. The van der Waals surface area contributed by atoms with E-state index in [1.807, 2.05) is 84.4 Å². The molecule has 30 heavy (non-hydrogen) atoms. The Balaban J connectivity index is 0.00000181. The fourth-order valence-electron chi connectivity index (χ4n) is 3.36. The second kappa shape index (κ2) is 8.21. The first-order valence-electron chi connectivity index (χ1n) is 9.79. The Labute approximate surface area is 177 Å². The average molecular weight is 402 g/mol. The van der Waals surface area contributed by atoms with Crippen LogP contribution >= 0.6 is 0 Å². The maximum absolute atomic E-state index is 11.8. The maximum atomic E-state index is 11.8. The number of imidazole rings is 1. The number of rotatable bonds is 5. The number of benzene rings is 2. The number of amides is 2. The van der Waals surface area contributed by atoms with E-state index < -0.39 is 0 Å². The zero-order valence-corrected chi connectivity index (χ0v) is 16.8. The highest BCUT2D eigenvalue weighted by atomic mass is 16.2. The topological polar surface area (TPSA) is 75.5 Å². The van der Waals surface area contributed by atoms with E-state index in [-0.39, 0.29) is 14.7 Å². The zero-order chi connectivity index (χ0) is 21.1. The summed E-state index contributed by atoms with van der Waals surface area (Å²) in [6, 6.07) is 19.1. The Bertz CT molecular complexity index is 1240. The van der Waals surface area contributed by atoms with Gasteiger partial charge in [-0.1, -0.05) is 36.4 Å². The predicted molar refractivity (Wildman–Crippen MR) is 123 cm³/mol. The van der Waals surface area contributed by atoms with Crippen LogP contribution in [0, 0.1) is 0 Å². The Morgan fingerprint density at radius 3 is 2.53 bits per heavy atom. The summed E-state index contributed by atoms with van der Waals surface area (Å²) in [5.74, 6) is 0.0544. The molecule has 0 radical (unpaired) electrons. The smallest absolute Gasteiger partial charge is 0.319 e. The van der Waals surface area contributed by atoms with E-state index in [9.17, 15) is 9.59 Å². The quantitative estimate of drug-likeness (QED) is 0.433. The van der Waals surface area contributed by atoms with Crippen molar-refractivity contribution in [1.82, 2.24) is 14.7 Å². The van der Waals surface area contributed by atoms with E-state index in [0.29, 0.717) is 12.1 Å². The fourth-order valence-corrected chi connectivity index (χ4v) is 3.36. The van der Waals surface area contributed by atoms with Gasteiger partial charge in [-0.15, -0.1) is 0 Å². The minimum atomic E-state index is -0.228. The number of anilines is 1. The van der Waals surface area contributed by atoms with Crippen molar-refractivity contribution in [3.63, 3.8) is 0 Å². The van der Waals surface area contributed by atoms with Crippen molar-refractivity contribution in [1.29, 1.82) is 0 Å². The number of urea groups is 1. The molecule has 2 amide bonds. The van der Waals surface area contributed by atoms with Crippen LogP contribution in [-0.2, 0) is 0 Å². The first-order valence-corrected chi connectivity index (χ1v) is 9.79. The lowest BCUT2D eigenvalue weighted by Crippen LogP contribution is -2.28. The highest BCUT2D eigenvalue weighted by molar-refractivity contribution is 5.94. The zero-order valence-electron chi connectivity index (χ0n) is 16.8. The van der Waals surface area contributed by atoms with E-state index in [2.05, 4.69) is 15.6 Å². The number of Topliss-reactive ketones (excluding diaryl/α,β-unsaturated/α-hetero) is 1. The average Bonchev–Trinajstić information content (AvgIpc) is 3.17. The minimum Gasteiger partial charge on any atom is -0.338 e. The van der Waals surface area contributed by atoms with Crippen LogP contribution < -0.4 is 10.6 Å². The number of nitrogens with one attached hydrogen (secondary N) is 2. The van der Waals surface area contributed by atoms with Gasteiger partial charge in [0.2, 0.25) is 0 Å². The first kappa shape index (κ1) is 19.4. The summed E-state index contributed by atoms with van der Waals surface area (Å²) in [5, 5.41) is 5.56. The number of carbonyl (C=O) groups excluding carboxylic acids is 2. The van der Waals surface area contributed by atoms with Crippen molar-refractivity contribution in [2.45, 2.75) is 13.8 Å². The molecule has 0 aliphatic rings. The van der Waals surface area contributed by atoms with Crippen molar-refractivity contribution in [3.05, 3.63) is 78.6 Å². The van der Waals surface area contributed by atoms with E-state index in [1.54, 1.807) is 6.92 Å². The van der Waals surface area contributed by atoms with Gasteiger partial charge in [0.1, 0.15) is 5.65 Å². The molecular formula is C24H26N4O2. The van der Waals surface area contributed by atoms with Crippen molar-refractivity contribution in [2.75, 3.05) is 11.9 Å². The largest absolute Gasteiger partial charge is 0.338 e. The monoisotopic (exact) mass is 402 g/mol. The molecular weight excluding hydrogens is 376 g/mol. The van der Waals surface area contributed by atoms with E-state index in [1.165, 1.54) is 0 Å². The van der Waals surface area contributed by atoms with Gasteiger partial charge in [0, 0.05) is 32.4 Å². The molecule has 0 saturated carbocycles. The molecule has 0 fully saturated rings. The van der Waals surface area contributed by atoms with Crippen molar-refractivity contribution in [2.24, 2.45) is 0 Å². The molecule has 4 aromatic rings. The molecule has 0 spiro atoms. The summed E-state index contributed by atoms with van der Waals surface area (Å²) >= 11 is 0. The number of hydrogen-bond donors (Lipinski definition) is 2. The molecule has 0 atom stereocenters. The molecule has 0 bridgehead atoms. The lowest BCUT2D eigenvalue weighted by atomic mass is 10.0. The minimum absolute atomic E-state index is 0. The van der Waals surface area contributed by atoms with Gasteiger partial charge in [-0.25, -0.2) is 9.78 Å². The van der Waals surface area contributed by atoms with Crippen molar-refractivity contribution >= 4 is 23.1 Å². The molecule has 2 aromatic heterocycles. The van der Waals surface area contributed by atoms with Crippen LogP contribution in [0.3, 0.4) is 0 Å². The maximum Gasteiger partial charge on any atom is 0.319 e. The Morgan fingerprint density at radius 1 is 1.00 bits per heavy atom. The van der Waals surface area contributed by atoms with Crippen LogP contribution in [0.25, 0.3) is 28.0 Å². The summed E-state index contributed by atoms with van der Waals surface area (Å²) in [4.78, 5) is 27.8. The number of hydrogen-bond acceptors (Lipinski definition) is 3. The molecule has 6 nitrogen and oxygen atoms in total. The van der Waals surface area contributed by atoms with Crippen LogP contribution in [0.1, 0.15) is 27.1 Å². The van der Waals surface area contributed by atoms with Crippen molar-refractivity contribution in [3.8, 4) is 22.4 Å². The Morgan fingerprint density at radius 2 is 1.80 bits per heavy atom. The van der Waals surface area contributed by atoms with Gasteiger partial charge in [-0.05, 0) is 49.2 Å². The van der Waals surface area contributed by atoms with Gasteiger partial charge in [-0.2, -0.15) is 0 Å². The highest BCUT2D eigenvalue weighted by Crippen LogP contribution is 2.27. The van der Waals surface area contributed by atoms with Crippen LogP contribution in [-0.4, -0.2) is 27.7 Å². The molecule has 6 heteroatoms. The third-order valence-corrected chi connectivity index (χ3v) is 4.89. The summed E-state index contributed by atoms with van der Waals surface area (Å²) in [7, 11) is 0. The number of nitrogens with zero attached hydrogens (tertiary/aromatic N) is 2. The van der Waals surface area contributed by atoms with E-state index in [0.717, 1.165) is 33.7 Å². The first-order chi connectivity index (χ1) is 14.5. The molecule has 154 valence electrons. The molecule has 2 N–H and O–H groups in total. The third kappa shape index (κ3) is 3.93. The standard InChI is InChI=1S/C24H22N4O2.2H2/c1-3-25-24(30)27-21-6-4-5-20(13-21)22-15-26-23-14-19(11-12-28(22)23)18-9-7-17(8-10-18)16(2)29;;/h4-15H,3H2,1-2H3,(H2,25,27,30);2*1H. The molecule has 0 aliphatic heterocycles. The molecule has 2 heterocycles. The number of pyridine rings is 1. The molecule has 0 saturated heterocycles. The summed E-state index contributed by atoms with van der Waals surface area (Å²) < 4.78 is 2.01. The molecule has 4 rings (SSSR count). The Kier molecular flexibility index (Phi) is 5.30. The van der Waals surface area contributed by atoms with Crippen LogP contribution in [0.15, 0.2) is 73.1 Å². The normalized spacial score (nSPS) is 10.7. The Hall–Kier alpha value is -3.93. The van der Waals surface area contributed by atoms with Crippen LogP contribution in [0.5, 0.6) is 0 Å². The van der Waals surface area contributed by atoms with E-state index in [4.69, 9.17) is 0 Å². The third-order valence-electron chi connectivity index (χ3n) is 4.89. The number of carbonyl (C=O) groups is 2.